The minimum atomic E-state index is 1.08. The lowest BCUT2D eigenvalue weighted by atomic mass is 9.89. The van der Waals surface area contributed by atoms with Gasteiger partial charge in [-0.15, -0.1) is 11.3 Å². The zero-order valence-corrected chi connectivity index (χ0v) is 39.2. The van der Waals surface area contributed by atoms with Crippen molar-refractivity contribution < 1.29 is 0 Å². The number of anilines is 3. The molecule has 0 aliphatic heterocycles. The zero-order valence-electron chi connectivity index (χ0n) is 38.3. The highest BCUT2D eigenvalue weighted by Gasteiger charge is 2.26. The third-order valence-electron chi connectivity index (χ3n) is 13.9. The minimum Gasteiger partial charge on any atom is -0.309 e. The molecule has 2 heteroatoms. The summed E-state index contributed by atoms with van der Waals surface area (Å²) in [6.07, 6.45) is 0. The van der Waals surface area contributed by atoms with E-state index in [1.54, 1.807) is 0 Å². The lowest BCUT2D eigenvalue weighted by molar-refractivity contribution is 1.30. The second-order valence-corrected chi connectivity index (χ2v) is 19.0. The zero-order chi connectivity index (χ0) is 46.4. The first-order valence-corrected chi connectivity index (χ1v) is 24.8. The largest absolute Gasteiger partial charge is 0.309 e. The molecule has 1 aromatic heterocycles. The van der Waals surface area contributed by atoms with Gasteiger partial charge in [0.15, 0.2) is 0 Å². The molecule has 0 radical (unpaired) electrons. The average molecular weight is 908 g/mol. The quantitative estimate of drug-likeness (QED) is 0.130. The van der Waals surface area contributed by atoms with Crippen molar-refractivity contribution in [3.63, 3.8) is 0 Å². The van der Waals surface area contributed by atoms with Gasteiger partial charge in [0.1, 0.15) is 0 Å². The van der Waals surface area contributed by atoms with E-state index in [1.807, 2.05) is 11.3 Å². The van der Waals surface area contributed by atoms with E-state index in [9.17, 15) is 0 Å². The molecule has 0 N–H and O–H groups in total. The van der Waals surface area contributed by atoms with E-state index in [0.29, 0.717) is 0 Å². The van der Waals surface area contributed by atoms with Crippen molar-refractivity contribution in [2.24, 2.45) is 0 Å². The van der Waals surface area contributed by atoms with E-state index in [4.69, 9.17) is 0 Å². The summed E-state index contributed by atoms with van der Waals surface area (Å²) in [7, 11) is 0. The van der Waals surface area contributed by atoms with Crippen LogP contribution in [-0.4, -0.2) is 0 Å². The smallest absolute Gasteiger partial charge is 0.0625 e. The summed E-state index contributed by atoms with van der Waals surface area (Å²) in [4.78, 5) is 2.54. The maximum absolute atomic E-state index is 2.54. The van der Waals surface area contributed by atoms with Crippen LogP contribution in [0.15, 0.2) is 273 Å². The minimum absolute atomic E-state index is 1.08. The van der Waals surface area contributed by atoms with Gasteiger partial charge in [0.2, 0.25) is 0 Å². The second-order valence-electron chi connectivity index (χ2n) is 18.0. The lowest BCUT2D eigenvalue weighted by Crippen LogP contribution is -2.13. The average Bonchev–Trinajstić information content (AvgIpc) is 3.83. The van der Waals surface area contributed by atoms with Crippen LogP contribution in [-0.2, 0) is 0 Å². The van der Waals surface area contributed by atoms with Gasteiger partial charge in [0, 0.05) is 47.9 Å². The Balaban J connectivity index is 1.01. The third kappa shape index (κ3) is 7.34. The highest BCUT2D eigenvalue weighted by atomic mass is 32.1. The monoisotopic (exact) mass is 907 g/mol. The van der Waals surface area contributed by atoms with Crippen LogP contribution >= 0.6 is 11.3 Å². The van der Waals surface area contributed by atoms with Gasteiger partial charge in [0.05, 0.1) is 11.4 Å². The van der Waals surface area contributed by atoms with Crippen LogP contribution in [0.2, 0.25) is 0 Å². The number of rotatable bonds is 9. The molecule has 0 saturated heterocycles. The molecule has 1 heterocycles. The molecule has 0 unspecified atom stereocenters. The number of fused-ring (bicyclic) bond motifs is 6. The number of thiophene rings is 1. The molecule has 70 heavy (non-hydrogen) atoms. The SMILES string of the molecule is c1ccc(-c2ccc(-c3c(N(c4ccc(-c5ccc(-c6cccc(-c7ccccc7)c6)cc5)cc4)c4ccccc4-c4cccc5c4sc4ccccc45)c4ccccc4c4ccccc34)cc2)cc1. The summed E-state index contributed by atoms with van der Waals surface area (Å²) in [6, 6.07) is 100. The highest BCUT2D eigenvalue weighted by Crippen LogP contribution is 2.52. The number of para-hydroxylation sites is 1. The van der Waals surface area contributed by atoms with Crippen LogP contribution in [0.5, 0.6) is 0 Å². The Labute approximate surface area is 412 Å². The highest BCUT2D eigenvalue weighted by molar-refractivity contribution is 7.26. The van der Waals surface area contributed by atoms with E-state index in [-0.39, 0.29) is 0 Å². The normalized spacial score (nSPS) is 11.4. The van der Waals surface area contributed by atoms with Gasteiger partial charge in [-0.3, -0.25) is 0 Å². The Kier molecular flexibility index (Phi) is 10.5. The first kappa shape index (κ1) is 41.4. The Bertz CT molecular complexity index is 4020. The summed E-state index contributed by atoms with van der Waals surface area (Å²) in [6.45, 7) is 0. The molecular weight excluding hydrogens is 863 g/mol. The van der Waals surface area contributed by atoms with E-state index in [0.717, 1.165) is 28.2 Å². The Morgan fingerprint density at radius 3 is 1.33 bits per heavy atom. The summed E-state index contributed by atoms with van der Waals surface area (Å²) in [5.41, 5.74) is 17.7. The maximum Gasteiger partial charge on any atom is 0.0625 e. The first-order chi connectivity index (χ1) is 34.7. The molecule has 0 amide bonds. The molecule has 1 nitrogen and oxygen atoms in total. The van der Waals surface area contributed by atoms with Crippen molar-refractivity contribution in [1.29, 1.82) is 0 Å². The van der Waals surface area contributed by atoms with Gasteiger partial charge in [0.25, 0.3) is 0 Å². The van der Waals surface area contributed by atoms with Crippen LogP contribution in [0, 0.1) is 0 Å². The summed E-state index contributed by atoms with van der Waals surface area (Å²) < 4.78 is 2.59. The number of benzene rings is 12. The van der Waals surface area contributed by atoms with Crippen LogP contribution in [0.3, 0.4) is 0 Å². The Hall–Kier alpha value is -8.82. The van der Waals surface area contributed by atoms with Crippen LogP contribution in [0.1, 0.15) is 0 Å². The third-order valence-corrected chi connectivity index (χ3v) is 15.1. The molecule has 0 aliphatic carbocycles. The molecule has 13 rings (SSSR count). The van der Waals surface area contributed by atoms with Gasteiger partial charge >= 0.3 is 0 Å². The molecule has 328 valence electrons. The standard InChI is InChI=1S/C68H45NS/c1-3-17-46(18-4-1)48-37-39-52(40-38-48)66-60-27-9-7-23-56(60)57-24-8-10-28-61(57)67(66)69(64-31-13-11-25-58(64)62-29-16-30-63-59-26-12-14-32-65(59)70-68(62)63)55-43-41-50(42-44-55)49-33-35-51(36-34-49)54-22-15-21-53(45-54)47-19-5-2-6-20-47/h1-45H. The van der Waals surface area contributed by atoms with Gasteiger partial charge in [-0.1, -0.05) is 243 Å². The van der Waals surface area contributed by atoms with Crippen molar-refractivity contribution >= 4 is 70.1 Å². The molecule has 0 fully saturated rings. The van der Waals surface area contributed by atoms with Gasteiger partial charge in [-0.05, 0) is 96.6 Å². The molecule has 0 saturated carbocycles. The van der Waals surface area contributed by atoms with E-state index >= 15 is 0 Å². The second kappa shape index (κ2) is 17.7. The Morgan fingerprint density at radius 1 is 0.257 bits per heavy atom. The molecule has 0 bridgehead atoms. The predicted octanol–water partition coefficient (Wildman–Crippen LogP) is 19.8. The molecule has 0 atom stereocenters. The topological polar surface area (TPSA) is 3.24 Å². The van der Waals surface area contributed by atoms with Crippen LogP contribution < -0.4 is 4.90 Å². The molecule has 13 aromatic rings. The van der Waals surface area contributed by atoms with Crippen molar-refractivity contribution in [2.45, 2.75) is 0 Å². The first-order valence-electron chi connectivity index (χ1n) is 24.0. The molecule has 0 aliphatic rings. The summed E-state index contributed by atoms with van der Waals surface area (Å²) in [5, 5.41) is 7.44. The van der Waals surface area contributed by atoms with Crippen molar-refractivity contribution in [1.82, 2.24) is 0 Å². The molecule has 12 aromatic carbocycles. The lowest BCUT2D eigenvalue weighted by Gasteiger charge is -2.32. The molecule has 0 spiro atoms. The van der Waals surface area contributed by atoms with E-state index in [2.05, 4.69) is 278 Å². The fourth-order valence-corrected chi connectivity index (χ4v) is 11.7. The van der Waals surface area contributed by atoms with Gasteiger partial charge < -0.3 is 4.90 Å². The fraction of sp³-hybridized carbons (Fsp3) is 0. The Morgan fingerprint density at radius 2 is 0.671 bits per heavy atom. The van der Waals surface area contributed by atoms with Gasteiger partial charge in [-0.25, -0.2) is 0 Å². The van der Waals surface area contributed by atoms with Crippen LogP contribution in [0.4, 0.5) is 17.1 Å². The van der Waals surface area contributed by atoms with Crippen molar-refractivity contribution in [3.05, 3.63) is 273 Å². The predicted molar refractivity (Wildman–Crippen MR) is 302 cm³/mol. The van der Waals surface area contributed by atoms with Crippen LogP contribution in [0.25, 0.3) is 108 Å². The van der Waals surface area contributed by atoms with Crippen molar-refractivity contribution in [2.75, 3.05) is 4.90 Å². The summed E-state index contributed by atoms with van der Waals surface area (Å²) in [5.74, 6) is 0. The number of hydrogen-bond donors (Lipinski definition) is 0. The summed E-state index contributed by atoms with van der Waals surface area (Å²) >= 11 is 1.88. The maximum atomic E-state index is 2.54. The fourth-order valence-electron chi connectivity index (χ4n) is 10.5. The molecular formula is C68H45NS. The number of nitrogens with zero attached hydrogens (tertiary/aromatic N) is 1. The van der Waals surface area contributed by atoms with Gasteiger partial charge in [-0.2, -0.15) is 0 Å². The van der Waals surface area contributed by atoms with Crippen molar-refractivity contribution in [3.8, 4) is 66.8 Å². The van der Waals surface area contributed by atoms with E-state index < -0.39 is 0 Å². The number of hydrogen-bond acceptors (Lipinski definition) is 2. The van der Waals surface area contributed by atoms with E-state index in [1.165, 1.54) is 97.4 Å².